The molecule has 84 valence electrons. The van der Waals surface area contributed by atoms with Crippen LogP contribution in [0, 0.1) is 0 Å². The van der Waals surface area contributed by atoms with E-state index in [1.165, 1.54) is 12.1 Å². The number of ether oxygens (including phenoxy) is 1. The lowest BCUT2D eigenvalue weighted by Gasteiger charge is -2.20. The monoisotopic (exact) mass is 219 g/mol. The smallest absolute Gasteiger partial charge is 0.404 e. The minimum Gasteiger partial charge on any atom is -0.404 e. The number of halogens is 3. The lowest BCUT2D eigenvalue weighted by Crippen LogP contribution is -2.21. The van der Waals surface area contributed by atoms with Crippen LogP contribution >= 0.6 is 0 Å². The topological polar surface area (TPSA) is 12.5 Å². The highest BCUT2D eigenvalue weighted by molar-refractivity contribution is 5.57. The van der Waals surface area contributed by atoms with Gasteiger partial charge in [0, 0.05) is 13.6 Å². The third kappa shape index (κ3) is 3.34. The number of anilines is 1. The SMILES string of the molecule is CCN(C)c1ccccc1OC(F)(F)F. The summed E-state index contributed by atoms with van der Waals surface area (Å²) in [6.07, 6.45) is -4.65. The summed E-state index contributed by atoms with van der Waals surface area (Å²) in [5.74, 6) is -0.172. The normalized spacial score (nSPS) is 11.3. The average molecular weight is 219 g/mol. The van der Waals surface area contributed by atoms with Gasteiger partial charge in [-0.05, 0) is 19.1 Å². The van der Waals surface area contributed by atoms with Crippen LogP contribution in [-0.2, 0) is 0 Å². The van der Waals surface area contributed by atoms with Crippen LogP contribution in [0.15, 0.2) is 24.3 Å². The van der Waals surface area contributed by atoms with Gasteiger partial charge in [0.2, 0.25) is 0 Å². The Balaban J connectivity index is 2.96. The molecular formula is C10H12F3NO. The molecule has 0 heterocycles. The van der Waals surface area contributed by atoms with Gasteiger partial charge in [-0.25, -0.2) is 0 Å². The molecule has 0 saturated heterocycles. The van der Waals surface area contributed by atoms with Crippen LogP contribution in [0.25, 0.3) is 0 Å². The molecular weight excluding hydrogens is 207 g/mol. The maximum atomic E-state index is 12.0. The molecule has 1 aromatic carbocycles. The number of alkyl halides is 3. The van der Waals surface area contributed by atoms with Gasteiger partial charge in [-0.1, -0.05) is 12.1 Å². The van der Waals surface area contributed by atoms with Crippen molar-refractivity contribution < 1.29 is 17.9 Å². The molecule has 0 aromatic heterocycles. The van der Waals surface area contributed by atoms with Crippen LogP contribution in [0.3, 0.4) is 0 Å². The summed E-state index contributed by atoms with van der Waals surface area (Å²) in [5, 5.41) is 0. The van der Waals surface area contributed by atoms with E-state index in [1.54, 1.807) is 24.1 Å². The molecule has 0 fully saturated rings. The molecule has 5 heteroatoms. The number of benzene rings is 1. The van der Waals surface area contributed by atoms with Crippen molar-refractivity contribution >= 4 is 5.69 Å². The second-order valence-electron chi connectivity index (χ2n) is 3.03. The van der Waals surface area contributed by atoms with E-state index >= 15 is 0 Å². The molecule has 0 amide bonds. The van der Waals surface area contributed by atoms with Gasteiger partial charge in [-0.3, -0.25) is 0 Å². The predicted octanol–water partition coefficient (Wildman–Crippen LogP) is 3.04. The Morgan fingerprint density at radius 3 is 2.40 bits per heavy atom. The first kappa shape index (κ1) is 11.7. The maximum absolute atomic E-state index is 12.0. The molecule has 15 heavy (non-hydrogen) atoms. The standard InChI is InChI=1S/C10H12F3NO/c1-3-14(2)8-6-4-5-7-9(8)15-10(11,12)13/h4-7H,3H2,1-2H3. The van der Waals surface area contributed by atoms with Crippen molar-refractivity contribution in [2.45, 2.75) is 13.3 Å². The third-order valence-corrected chi connectivity index (χ3v) is 1.98. The molecule has 0 saturated carbocycles. The highest BCUT2D eigenvalue weighted by atomic mass is 19.4. The van der Waals surface area contributed by atoms with E-state index in [4.69, 9.17) is 0 Å². The molecule has 1 rings (SSSR count). The molecule has 0 unspecified atom stereocenters. The van der Waals surface area contributed by atoms with Crippen LogP contribution in [0.5, 0.6) is 5.75 Å². The molecule has 0 bridgehead atoms. The largest absolute Gasteiger partial charge is 0.573 e. The van der Waals surface area contributed by atoms with E-state index < -0.39 is 6.36 Å². The lowest BCUT2D eigenvalue weighted by atomic mass is 10.2. The lowest BCUT2D eigenvalue weighted by molar-refractivity contribution is -0.274. The average Bonchev–Trinajstić information content (AvgIpc) is 2.15. The molecule has 0 aliphatic carbocycles. The van der Waals surface area contributed by atoms with E-state index in [2.05, 4.69) is 4.74 Å². The molecule has 0 aliphatic rings. The number of nitrogens with zero attached hydrogens (tertiary/aromatic N) is 1. The Hall–Kier alpha value is -1.39. The zero-order chi connectivity index (χ0) is 11.5. The molecule has 2 nitrogen and oxygen atoms in total. The quantitative estimate of drug-likeness (QED) is 0.774. The summed E-state index contributed by atoms with van der Waals surface area (Å²) in [6, 6.07) is 6.07. The second kappa shape index (κ2) is 4.42. The van der Waals surface area contributed by atoms with E-state index in [-0.39, 0.29) is 5.75 Å². The highest BCUT2D eigenvalue weighted by Gasteiger charge is 2.32. The Morgan fingerprint density at radius 2 is 1.87 bits per heavy atom. The summed E-state index contributed by atoms with van der Waals surface area (Å²) >= 11 is 0. The fourth-order valence-electron chi connectivity index (χ4n) is 1.15. The van der Waals surface area contributed by atoms with Crippen molar-refractivity contribution in [1.29, 1.82) is 0 Å². The first-order valence-corrected chi connectivity index (χ1v) is 4.50. The van der Waals surface area contributed by atoms with Crippen LogP contribution in [0.4, 0.5) is 18.9 Å². The summed E-state index contributed by atoms with van der Waals surface area (Å²) in [5.41, 5.74) is 0.428. The molecule has 1 aromatic rings. The Morgan fingerprint density at radius 1 is 1.27 bits per heavy atom. The van der Waals surface area contributed by atoms with Gasteiger partial charge in [0.1, 0.15) is 0 Å². The number of para-hydroxylation sites is 2. The fraction of sp³-hybridized carbons (Fsp3) is 0.400. The minimum atomic E-state index is -4.65. The van der Waals surface area contributed by atoms with Gasteiger partial charge in [0.05, 0.1) is 5.69 Å². The second-order valence-corrected chi connectivity index (χ2v) is 3.03. The summed E-state index contributed by atoms with van der Waals surface area (Å²) < 4.78 is 40.1. The number of hydrogen-bond acceptors (Lipinski definition) is 2. The first-order chi connectivity index (χ1) is 6.94. The molecule has 0 radical (unpaired) electrons. The molecule has 0 atom stereocenters. The summed E-state index contributed by atoms with van der Waals surface area (Å²) in [6.45, 7) is 2.46. The van der Waals surface area contributed by atoms with Gasteiger partial charge < -0.3 is 9.64 Å². The number of rotatable bonds is 3. The number of hydrogen-bond donors (Lipinski definition) is 0. The van der Waals surface area contributed by atoms with Crippen LogP contribution in [0.2, 0.25) is 0 Å². The van der Waals surface area contributed by atoms with Gasteiger partial charge in [-0.2, -0.15) is 0 Å². The van der Waals surface area contributed by atoms with Gasteiger partial charge in [0.15, 0.2) is 5.75 Å². The predicted molar refractivity (Wildman–Crippen MR) is 52.1 cm³/mol. The maximum Gasteiger partial charge on any atom is 0.573 e. The van der Waals surface area contributed by atoms with Crippen molar-refractivity contribution in [2.75, 3.05) is 18.5 Å². The zero-order valence-corrected chi connectivity index (χ0v) is 8.51. The Kier molecular flexibility index (Phi) is 3.44. The fourth-order valence-corrected chi connectivity index (χ4v) is 1.15. The van der Waals surface area contributed by atoms with Crippen molar-refractivity contribution in [3.05, 3.63) is 24.3 Å². The Bertz CT molecular complexity index is 325. The molecule has 0 spiro atoms. The first-order valence-electron chi connectivity index (χ1n) is 4.50. The van der Waals surface area contributed by atoms with Gasteiger partial charge in [-0.15, -0.1) is 13.2 Å². The van der Waals surface area contributed by atoms with Crippen LogP contribution < -0.4 is 9.64 Å². The van der Waals surface area contributed by atoms with Gasteiger partial charge >= 0.3 is 6.36 Å². The van der Waals surface area contributed by atoms with E-state index in [9.17, 15) is 13.2 Å². The van der Waals surface area contributed by atoms with E-state index in [0.717, 1.165) is 0 Å². The zero-order valence-electron chi connectivity index (χ0n) is 8.51. The highest BCUT2D eigenvalue weighted by Crippen LogP contribution is 2.31. The third-order valence-electron chi connectivity index (χ3n) is 1.98. The van der Waals surface area contributed by atoms with Crippen molar-refractivity contribution in [3.8, 4) is 5.75 Å². The van der Waals surface area contributed by atoms with Crippen molar-refractivity contribution in [1.82, 2.24) is 0 Å². The Labute approximate surface area is 86.3 Å². The van der Waals surface area contributed by atoms with Crippen molar-refractivity contribution in [3.63, 3.8) is 0 Å². The van der Waals surface area contributed by atoms with Crippen LogP contribution in [0.1, 0.15) is 6.92 Å². The molecule has 0 N–H and O–H groups in total. The van der Waals surface area contributed by atoms with Crippen molar-refractivity contribution in [2.24, 2.45) is 0 Å². The summed E-state index contributed by atoms with van der Waals surface area (Å²) in [7, 11) is 1.71. The van der Waals surface area contributed by atoms with Crippen LogP contribution in [-0.4, -0.2) is 20.0 Å². The van der Waals surface area contributed by atoms with E-state index in [0.29, 0.717) is 12.2 Å². The minimum absolute atomic E-state index is 0.172. The van der Waals surface area contributed by atoms with Gasteiger partial charge in [0.25, 0.3) is 0 Å². The van der Waals surface area contributed by atoms with E-state index in [1.807, 2.05) is 6.92 Å². The molecule has 0 aliphatic heterocycles. The summed E-state index contributed by atoms with van der Waals surface area (Å²) in [4.78, 5) is 1.68.